The van der Waals surface area contributed by atoms with Crippen LogP contribution in [0.5, 0.6) is 0 Å². The maximum atomic E-state index is 9.95. The van der Waals surface area contributed by atoms with Crippen LogP contribution in [0.15, 0.2) is 30.5 Å². The Labute approximate surface area is 193 Å². The molecule has 0 amide bonds. The Hall–Kier alpha value is -3.48. The van der Waals surface area contributed by atoms with Crippen LogP contribution in [-0.4, -0.2) is 43.1 Å². The minimum Gasteiger partial charge on any atom is -0.395 e. The van der Waals surface area contributed by atoms with E-state index in [9.17, 15) is 15.5 Å². The number of aliphatic hydroxyl groups is 2. The molecule has 2 aromatic heterocycles. The van der Waals surface area contributed by atoms with Crippen molar-refractivity contribution in [2.24, 2.45) is 5.92 Å². The van der Waals surface area contributed by atoms with E-state index < -0.39 is 5.41 Å². The number of nitrogens with one attached hydrogen (secondary N) is 2. The first-order valence-corrected chi connectivity index (χ1v) is 11.1. The third-order valence-corrected chi connectivity index (χ3v) is 6.02. The van der Waals surface area contributed by atoms with Gasteiger partial charge in [0.05, 0.1) is 35.9 Å². The van der Waals surface area contributed by atoms with Gasteiger partial charge in [0.25, 0.3) is 0 Å². The van der Waals surface area contributed by atoms with Crippen LogP contribution < -0.4 is 10.6 Å². The molecular formula is C24H29N7O2. The monoisotopic (exact) mass is 447 g/mol. The molecule has 1 unspecified atom stereocenters. The Balaban J connectivity index is 1.67. The van der Waals surface area contributed by atoms with E-state index in [1.165, 1.54) is 0 Å². The van der Waals surface area contributed by atoms with Crippen molar-refractivity contribution in [3.8, 4) is 17.3 Å². The van der Waals surface area contributed by atoms with Crippen LogP contribution in [0, 0.1) is 17.2 Å². The fourth-order valence-electron chi connectivity index (χ4n) is 3.96. The van der Waals surface area contributed by atoms with E-state index in [2.05, 4.69) is 45.6 Å². The van der Waals surface area contributed by atoms with Gasteiger partial charge < -0.3 is 20.8 Å². The van der Waals surface area contributed by atoms with Crippen LogP contribution in [0.3, 0.4) is 0 Å². The van der Waals surface area contributed by atoms with Crippen molar-refractivity contribution in [2.45, 2.75) is 45.8 Å². The van der Waals surface area contributed by atoms with Gasteiger partial charge in [-0.3, -0.25) is 0 Å². The number of nitrogens with zero attached hydrogens (tertiary/aromatic N) is 5. The Morgan fingerprint density at radius 3 is 2.82 bits per heavy atom. The molecule has 172 valence electrons. The summed E-state index contributed by atoms with van der Waals surface area (Å²) in [5, 5.41) is 40.1. The normalized spacial score (nSPS) is 17.0. The van der Waals surface area contributed by atoms with Gasteiger partial charge in [0.2, 0.25) is 5.95 Å². The van der Waals surface area contributed by atoms with Gasteiger partial charge >= 0.3 is 0 Å². The molecule has 0 spiro atoms. The summed E-state index contributed by atoms with van der Waals surface area (Å²) >= 11 is 0. The lowest BCUT2D eigenvalue weighted by Gasteiger charge is -2.21. The average molecular weight is 448 g/mol. The highest BCUT2D eigenvalue weighted by atomic mass is 16.3. The maximum Gasteiger partial charge on any atom is 0.228 e. The summed E-state index contributed by atoms with van der Waals surface area (Å²) in [5.74, 6) is 1.62. The van der Waals surface area contributed by atoms with Crippen LogP contribution >= 0.6 is 0 Å². The first-order valence-electron chi connectivity index (χ1n) is 11.1. The second kappa shape index (κ2) is 9.17. The molecule has 1 atom stereocenters. The highest BCUT2D eigenvalue weighted by Crippen LogP contribution is 2.41. The number of aryl methyl sites for hydroxylation is 1. The van der Waals surface area contributed by atoms with Crippen molar-refractivity contribution in [1.29, 1.82) is 5.26 Å². The quantitative estimate of drug-likeness (QED) is 0.414. The molecule has 33 heavy (non-hydrogen) atoms. The smallest absolute Gasteiger partial charge is 0.228 e. The highest BCUT2D eigenvalue weighted by Gasteiger charge is 2.36. The molecule has 1 aliphatic heterocycles. The molecular weight excluding hydrogens is 418 g/mol. The number of nitriles is 1. The number of aromatic nitrogens is 4. The standard InChI is InChI=1S/C24H29N7O2/c1-15(2)5-7-31-21(10-18(12-32)30-31)29-23-26-6-4-20(28-23)16-8-17(11-25)22-19(9-16)24(3,14-33)13-27-22/h4,6,8-10,15,27,32-33H,5,7,12-14H2,1-3H3,(H,26,28,29). The average Bonchev–Trinajstić information content (AvgIpc) is 3.38. The molecule has 3 heterocycles. The number of hydrogen-bond acceptors (Lipinski definition) is 8. The van der Waals surface area contributed by atoms with Crippen LogP contribution in [0.1, 0.15) is 44.0 Å². The molecule has 1 aromatic carbocycles. The first-order chi connectivity index (χ1) is 15.9. The molecule has 0 saturated carbocycles. The largest absolute Gasteiger partial charge is 0.395 e. The van der Waals surface area contributed by atoms with E-state index in [4.69, 9.17) is 0 Å². The minimum absolute atomic E-state index is 0.0224. The first kappa shape index (κ1) is 22.7. The van der Waals surface area contributed by atoms with Gasteiger partial charge in [0, 0.05) is 36.3 Å². The van der Waals surface area contributed by atoms with E-state index in [1.54, 1.807) is 24.4 Å². The predicted octanol–water partition coefficient (Wildman–Crippen LogP) is 3.17. The topological polar surface area (TPSA) is 132 Å². The van der Waals surface area contributed by atoms with Gasteiger partial charge in [-0.15, -0.1) is 0 Å². The van der Waals surface area contributed by atoms with Crippen LogP contribution in [-0.2, 0) is 18.6 Å². The Morgan fingerprint density at radius 2 is 2.12 bits per heavy atom. The third kappa shape index (κ3) is 4.53. The lowest BCUT2D eigenvalue weighted by molar-refractivity contribution is 0.219. The Kier molecular flexibility index (Phi) is 6.31. The van der Waals surface area contributed by atoms with E-state index in [0.717, 1.165) is 23.2 Å². The van der Waals surface area contributed by atoms with Crippen molar-refractivity contribution in [3.05, 3.63) is 47.3 Å². The zero-order chi connectivity index (χ0) is 23.6. The molecule has 0 aliphatic carbocycles. The molecule has 1 aliphatic rings. The summed E-state index contributed by atoms with van der Waals surface area (Å²) in [6.07, 6.45) is 2.61. The molecule has 0 bridgehead atoms. The number of rotatable bonds is 8. The fraction of sp³-hybridized carbons (Fsp3) is 0.417. The number of hydrogen-bond donors (Lipinski definition) is 4. The van der Waals surface area contributed by atoms with Crippen molar-refractivity contribution in [1.82, 2.24) is 19.7 Å². The Morgan fingerprint density at radius 1 is 1.30 bits per heavy atom. The second-order valence-corrected chi connectivity index (χ2v) is 9.11. The van der Waals surface area contributed by atoms with Gasteiger partial charge in [-0.1, -0.05) is 20.8 Å². The van der Waals surface area contributed by atoms with E-state index in [0.29, 0.717) is 47.7 Å². The van der Waals surface area contributed by atoms with Crippen LogP contribution in [0.25, 0.3) is 11.3 Å². The lowest BCUT2D eigenvalue weighted by Crippen LogP contribution is -2.28. The van der Waals surface area contributed by atoms with Crippen LogP contribution in [0.2, 0.25) is 0 Å². The Bertz CT molecular complexity index is 1200. The fourth-order valence-corrected chi connectivity index (χ4v) is 3.96. The van der Waals surface area contributed by atoms with E-state index >= 15 is 0 Å². The molecule has 0 fully saturated rings. The minimum atomic E-state index is -0.464. The summed E-state index contributed by atoms with van der Waals surface area (Å²) in [5.41, 5.74) is 3.76. The SMILES string of the molecule is CC(C)CCn1nc(CO)cc1Nc1nccc(-c2cc(C#N)c3c(c2)C(C)(CO)CN3)n1. The zero-order valence-electron chi connectivity index (χ0n) is 19.1. The zero-order valence-corrected chi connectivity index (χ0v) is 19.1. The van der Waals surface area contributed by atoms with E-state index in [1.807, 2.05) is 17.7 Å². The van der Waals surface area contributed by atoms with Crippen molar-refractivity contribution >= 4 is 17.5 Å². The third-order valence-electron chi connectivity index (χ3n) is 6.02. The summed E-state index contributed by atoms with van der Waals surface area (Å²) in [6.45, 7) is 7.39. The molecule has 3 aromatic rings. The second-order valence-electron chi connectivity index (χ2n) is 9.11. The lowest BCUT2D eigenvalue weighted by atomic mass is 9.83. The summed E-state index contributed by atoms with van der Waals surface area (Å²) in [6, 6.07) is 9.62. The number of aliphatic hydroxyl groups excluding tert-OH is 2. The van der Waals surface area contributed by atoms with Crippen molar-refractivity contribution in [3.63, 3.8) is 0 Å². The predicted molar refractivity (Wildman–Crippen MR) is 126 cm³/mol. The molecule has 4 N–H and O–H groups in total. The molecule has 0 radical (unpaired) electrons. The van der Waals surface area contributed by atoms with Crippen molar-refractivity contribution < 1.29 is 10.2 Å². The maximum absolute atomic E-state index is 9.95. The number of fused-ring (bicyclic) bond motifs is 1. The van der Waals surface area contributed by atoms with Gasteiger partial charge in [-0.05, 0) is 36.1 Å². The summed E-state index contributed by atoms with van der Waals surface area (Å²) in [4.78, 5) is 9.01. The summed E-state index contributed by atoms with van der Waals surface area (Å²) < 4.78 is 1.82. The number of benzene rings is 1. The van der Waals surface area contributed by atoms with Gasteiger partial charge in [-0.2, -0.15) is 10.4 Å². The van der Waals surface area contributed by atoms with Crippen molar-refractivity contribution in [2.75, 3.05) is 23.8 Å². The highest BCUT2D eigenvalue weighted by molar-refractivity contribution is 5.76. The molecule has 9 heteroatoms. The summed E-state index contributed by atoms with van der Waals surface area (Å²) in [7, 11) is 0. The molecule has 0 saturated heterocycles. The molecule has 9 nitrogen and oxygen atoms in total. The van der Waals surface area contributed by atoms with Gasteiger partial charge in [0.1, 0.15) is 11.9 Å². The number of anilines is 3. The van der Waals surface area contributed by atoms with Crippen LogP contribution in [0.4, 0.5) is 17.5 Å². The van der Waals surface area contributed by atoms with E-state index in [-0.39, 0.29) is 13.2 Å². The van der Waals surface area contributed by atoms with Gasteiger partial charge in [-0.25, -0.2) is 14.6 Å². The molecule has 4 rings (SSSR count). The van der Waals surface area contributed by atoms with Gasteiger partial charge in [0.15, 0.2) is 0 Å².